The van der Waals surface area contributed by atoms with Crippen molar-refractivity contribution < 1.29 is 0 Å². The molecule has 3 heterocycles. The number of nitrogen functional groups attached to an aromatic ring is 1. The molecule has 1 saturated heterocycles. The fourth-order valence-electron chi connectivity index (χ4n) is 3.14. The number of imidazole rings is 1. The van der Waals surface area contributed by atoms with E-state index in [1.165, 1.54) is 25.8 Å². The second-order valence-electron chi connectivity index (χ2n) is 6.32. The van der Waals surface area contributed by atoms with Gasteiger partial charge < -0.3 is 15.2 Å². The van der Waals surface area contributed by atoms with Crippen molar-refractivity contribution in [2.75, 3.05) is 25.4 Å². The van der Waals surface area contributed by atoms with Gasteiger partial charge in [-0.1, -0.05) is 13.8 Å². The van der Waals surface area contributed by atoms with Crippen LogP contribution in [0, 0.1) is 11.8 Å². The van der Waals surface area contributed by atoms with Gasteiger partial charge in [-0.3, -0.25) is 0 Å². The third-order valence-electron chi connectivity index (χ3n) is 4.55. The average molecular weight is 288 g/mol. The van der Waals surface area contributed by atoms with E-state index in [9.17, 15) is 0 Å². The number of aromatic nitrogens is 4. The first kappa shape index (κ1) is 14.3. The summed E-state index contributed by atoms with van der Waals surface area (Å²) in [5.41, 5.74) is 7.35. The Morgan fingerprint density at radius 1 is 1.29 bits per heavy atom. The average Bonchev–Trinajstić information content (AvgIpc) is 3.07. The van der Waals surface area contributed by atoms with Gasteiger partial charge in [0.1, 0.15) is 11.8 Å². The van der Waals surface area contributed by atoms with Crippen LogP contribution in [0.2, 0.25) is 0 Å². The van der Waals surface area contributed by atoms with Crippen molar-refractivity contribution in [1.82, 2.24) is 24.4 Å². The summed E-state index contributed by atoms with van der Waals surface area (Å²) >= 11 is 0. The van der Waals surface area contributed by atoms with E-state index in [-0.39, 0.29) is 0 Å². The lowest BCUT2D eigenvalue weighted by Gasteiger charge is -2.17. The summed E-state index contributed by atoms with van der Waals surface area (Å²) in [6.07, 6.45) is 5.77. The molecule has 2 N–H and O–H groups in total. The minimum absolute atomic E-state index is 0.457. The van der Waals surface area contributed by atoms with E-state index < -0.39 is 0 Å². The lowest BCUT2D eigenvalue weighted by atomic mass is 9.95. The first-order chi connectivity index (χ1) is 10.1. The molecule has 21 heavy (non-hydrogen) atoms. The molecule has 2 aromatic heterocycles. The van der Waals surface area contributed by atoms with Crippen molar-refractivity contribution in [2.45, 2.75) is 33.2 Å². The van der Waals surface area contributed by atoms with E-state index in [0.29, 0.717) is 11.3 Å². The Hall–Kier alpha value is -1.69. The highest BCUT2D eigenvalue weighted by atomic mass is 15.2. The van der Waals surface area contributed by atoms with Crippen molar-refractivity contribution in [1.29, 1.82) is 0 Å². The van der Waals surface area contributed by atoms with E-state index in [1.54, 1.807) is 0 Å². The van der Waals surface area contributed by atoms with Gasteiger partial charge in [-0.05, 0) is 37.8 Å². The molecular formula is C15H24N6. The number of rotatable bonds is 5. The third kappa shape index (κ3) is 3.00. The van der Waals surface area contributed by atoms with Gasteiger partial charge in [0.05, 0.1) is 6.33 Å². The van der Waals surface area contributed by atoms with Crippen LogP contribution in [0.25, 0.3) is 11.2 Å². The Bertz CT molecular complexity index is 605. The molecule has 0 amide bonds. The Morgan fingerprint density at radius 2 is 2.14 bits per heavy atom. The first-order valence-corrected chi connectivity index (χ1v) is 7.79. The topological polar surface area (TPSA) is 72.9 Å². The summed E-state index contributed by atoms with van der Waals surface area (Å²) in [5, 5.41) is 0. The number of fused-ring (bicyclic) bond motifs is 1. The van der Waals surface area contributed by atoms with Gasteiger partial charge in [-0.25, -0.2) is 15.0 Å². The van der Waals surface area contributed by atoms with Crippen LogP contribution in [0.3, 0.4) is 0 Å². The van der Waals surface area contributed by atoms with Gasteiger partial charge >= 0.3 is 0 Å². The van der Waals surface area contributed by atoms with E-state index >= 15 is 0 Å². The Kier molecular flexibility index (Phi) is 4.05. The molecule has 0 aliphatic carbocycles. The van der Waals surface area contributed by atoms with Crippen molar-refractivity contribution in [2.24, 2.45) is 11.8 Å². The maximum Gasteiger partial charge on any atom is 0.165 e. The molecule has 0 aromatic carbocycles. The molecule has 0 spiro atoms. The SMILES string of the molecule is CC(C)C1CCN(CCCn2cnc3c(N)ncnc32)C1. The molecule has 0 saturated carbocycles. The molecule has 1 fully saturated rings. The number of hydrogen-bond donors (Lipinski definition) is 1. The molecule has 0 radical (unpaired) electrons. The lowest BCUT2D eigenvalue weighted by molar-refractivity contribution is 0.295. The predicted octanol–water partition coefficient (Wildman–Crippen LogP) is 1.78. The van der Waals surface area contributed by atoms with Crippen molar-refractivity contribution in [3.8, 4) is 0 Å². The molecule has 1 aliphatic heterocycles. The number of nitrogens with zero attached hydrogens (tertiary/aromatic N) is 5. The number of hydrogen-bond acceptors (Lipinski definition) is 5. The Balaban J connectivity index is 1.55. The highest BCUT2D eigenvalue weighted by molar-refractivity contribution is 5.80. The lowest BCUT2D eigenvalue weighted by Crippen LogP contribution is -2.24. The van der Waals surface area contributed by atoms with Crippen LogP contribution in [0.15, 0.2) is 12.7 Å². The van der Waals surface area contributed by atoms with E-state index in [1.807, 2.05) is 6.33 Å². The minimum atomic E-state index is 0.457. The van der Waals surface area contributed by atoms with Gasteiger partial charge in [0.2, 0.25) is 0 Å². The molecule has 1 unspecified atom stereocenters. The Morgan fingerprint density at radius 3 is 2.90 bits per heavy atom. The quantitative estimate of drug-likeness (QED) is 0.908. The zero-order valence-corrected chi connectivity index (χ0v) is 12.9. The van der Waals surface area contributed by atoms with Crippen LogP contribution in [0.5, 0.6) is 0 Å². The van der Waals surface area contributed by atoms with Crippen LogP contribution in [-0.4, -0.2) is 44.1 Å². The fourth-order valence-corrected chi connectivity index (χ4v) is 3.14. The molecule has 1 aliphatic rings. The predicted molar refractivity (Wildman–Crippen MR) is 83.7 cm³/mol. The summed E-state index contributed by atoms with van der Waals surface area (Å²) in [5.74, 6) is 2.12. The third-order valence-corrected chi connectivity index (χ3v) is 4.55. The van der Waals surface area contributed by atoms with Crippen molar-refractivity contribution in [3.63, 3.8) is 0 Å². The number of aryl methyl sites for hydroxylation is 1. The molecule has 0 bridgehead atoms. The first-order valence-electron chi connectivity index (χ1n) is 7.79. The van der Waals surface area contributed by atoms with Crippen LogP contribution in [0.1, 0.15) is 26.7 Å². The molecule has 1 atom stereocenters. The highest BCUT2D eigenvalue weighted by Crippen LogP contribution is 2.23. The smallest absolute Gasteiger partial charge is 0.165 e. The van der Waals surface area contributed by atoms with Gasteiger partial charge in [0, 0.05) is 13.1 Å². The summed E-state index contributed by atoms with van der Waals surface area (Å²) < 4.78 is 2.07. The minimum Gasteiger partial charge on any atom is -0.382 e. The van der Waals surface area contributed by atoms with E-state index in [2.05, 4.69) is 38.3 Å². The summed E-state index contributed by atoms with van der Waals surface area (Å²) in [6.45, 7) is 9.21. The highest BCUT2D eigenvalue weighted by Gasteiger charge is 2.24. The van der Waals surface area contributed by atoms with Crippen LogP contribution in [-0.2, 0) is 6.54 Å². The zero-order valence-electron chi connectivity index (χ0n) is 12.9. The van der Waals surface area contributed by atoms with Gasteiger partial charge in [-0.2, -0.15) is 0 Å². The van der Waals surface area contributed by atoms with E-state index in [0.717, 1.165) is 37.0 Å². The van der Waals surface area contributed by atoms with Crippen LogP contribution >= 0.6 is 0 Å². The number of nitrogens with two attached hydrogens (primary N) is 1. The molecule has 6 heteroatoms. The van der Waals surface area contributed by atoms with Crippen LogP contribution < -0.4 is 5.73 Å². The Labute approximate surface area is 125 Å². The largest absolute Gasteiger partial charge is 0.382 e. The standard InChI is InChI=1S/C15H24N6/c1-11(2)12-4-7-20(8-12)5-3-6-21-10-19-13-14(16)17-9-18-15(13)21/h9-12H,3-8H2,1-2H3,(H2,16,17,18). The molecule has 6 nitrogen and oxygen atoms in total. The normalized spacial score (nSPS) is 19.9. The maximum absolute atomic E-state index is 5.81. The van der Waals surface area contributed by atoms with E-state index in [4.69, 9.17) is 5.73 Å². The summed E-state index contributed by atoms with van der Waals surface area (Å²) in [6, 6.07) is 0. The zero-order chi connectivity index (χ0) is 14.8. The fraction of sp³-hybridized carbons (Fsp3) is 0.667. The van der Waals surface area contributed by atoms with Gasteiger partial charge in [0.15, 0.2) is 11.5 Å². The van der Waals surface area contributed by atoms with Gasteiger partial charge in [-0.15, -0.1) is 0 Å². The molecule has 2 aromatic rings. The number of likely N-dealkylation sites (tertiary alicyclic amines) is 1. The second-order valence-corrected chi connectivity index (χ2v) is 6.32. The summed E-state index contributed by atoms with van der Waals surface area (Å²) in [4.78, 5) is 15.1. The second kappa shape index (κ2) is 5.97. The molecule has 3 rings (SSSR count). The van der Waals surface area contributed by atoms with Gasteiger partial charge in [0.25, 0.3) is 0 Å². The summed E-state index contributed by atoms with van der Waals surface area (Å²) in [7, 11) is 0. The molecule has 114 valence electrons. The monoisotopic (exact) mass is 288 g/mol. The van der Waals surface area contributed by atoms with Crippen molar-refractivity contribution >= 4 is 17.0 Å². The van der Waals surface area contributed by atoms with Crippen LogP contribution in [0.4, 0.5) is 5.82 Å². The maximum atomic E-state index is 5.81. The van der Waals surface area contributed by atoms with Crippen molar-refractivity contribution in [3.05, 3.63) is 12.7 Å². The number of anilines is 1. The molecular weight excluding hydrogens is 264 g/mol.